The van der Waals surface area contributed by atoms with E-state index in [0.717, 1.165) is 34.1 Å². The first-order valence-electron chi connectivity index (χ1n) is 10.5. The summed E-state index contributed by atoms with van der Waals surface area (Å²) in [6, 6.07) is 14.9. The maximum Gasteiger partial charge on any atom is 0.246 e. The summed E-state index contributed by atoms with van der Waals surface area (Å²) in [7, 11) is 0. The minimum atomic E-state index is -0.493. The van der Waals surface area contributed by atoms with Gasteiger partial charge >= 0.3 is 0 Å². The van der Waals surface area contributed by atoms with Gasteiger partial charge < -0.3 is 14.8 Å². The Morgan fingerprint density at radius 1 is 1.13 bits per heavy atom. The average molecular weight is 422 g/mol. The van der Waals surface area contributed by atoms with Gasteiger partial charge in [-0.3, -0.25) is 9.59 Å². The number of piperazine rings is 1. The fraction of sp³-hybridized carbons (Fsp3) is 0.333. The van der Waals surface area contributed by atoms with Crippen LogP contribution in [-0.4, -0.2) is 45.2 Å². The molecule has 30 heavy (non-hydrogen) atoms. The van der Waals surface area contributed by atoms with Crippen LogP contribution in [0.2, 0.25) is 5.02 Å². The van der Waals surface area contributed by atoms with Crippen LogP contribution in [0.1, 0.15) is 43.1 Å². The molecular formula is C24H24ClN3O2. The summed E-state index contributed by atoms with van der Waals surface area (Å²) in [5.41, 5.74) is 4.10. The predicted octanol–water partition coefficient (Wildman–Crippen LogP) is 4.30. The number of hydrogen-bond acceptors (Lipinski definition) is 2. The Hall–Kier alpha value is -2.79. The lowest BCUT2D eigenvalue weighted by molar-refractivity contribution is -0.160. The number of aromatic nitrogens is 1. The number of carbonyl (C=O) groups is 2. The van der Waals surface area contributed by atoms with Crippen LogP contribution in [0, 0.1) is 0 Å². The van der Waals surface area contributed by atoms with Gasteiger partial charge in [0.05, 0.1) is 6.04 Å². The number of nitrogens with one attached hydrogen (secondary N) is 1. The lowest BCUT2D eigenvalue weighted by atomic mass is 9.86. The normalized spacial score (nSPS) is 22.2. The molecule has 1 fully saturated rings. The van der Waals surface area contributed by atoms with Crippen molar-refractivity contribution in [3.8, 4) is 0 Å². The summed E-state index contributed by atoms with van der Waals surface area (Å²) >= 11 is 6.13. The Bertz CT molecular complexity index is 1140. The zero-order valence-corrected chi connectivity index (χ0v) is 17.8. The maximum absolute atomic E-state index is 13.5. The topological polar surface area (TPSA) is 56.4 Å². The van der Waals surface area contributed by atoms with Crippen LogP contribution in [-0.2, 0) is 16.0 Å². The van der Waals surface area contributed by atoms with Crippen LogP contribution in [0.15, 0.2) is 48.5 Å². The summed E-state index contributed by atoms with van der Waals surface area (Å²) in [6.45, 7) is 4.19. The lowest BCUT2D eigenvalue weighted by Crippen LogP contribution is -2.64. The first-order valence-corrected chi connectivity index (χ1v) is 10.8. The van der Waals surface area contributed by atoms with Crippen molar-refractivity contribution >= 4 is 34.3 Å². The largest absolute Gasteiger partial charge is 0.356 e. The smallest absolute Gasteiger partial charge is 0.246 e. The molecule has 0 saturated carbocycles. The molecule has 1 aromatic heterocycles. The number of aromatic amines is 1. The summed E-state index contributed by atoms with van der Waals surface area (Å²) in [4.78, 5) is 34.0. The second-order valence-corrected chi connectivity index (χ2v) is 8.70. The van der Waals surface area contributed by atoms with E-state index in [0.29, 0.717) is 11.4 Å². The number of para-hydroxylation sites is 1. The highest BCUT2D eigenvalue weighted by molar-refractivity contribution is 6.30. The summed E-state index contributed by atoms with van der Waals surface area (Å²) in [5, 5.41) is 1.76. The molecule has 2 aromatic carbocycles. The van der Waals surface area contributed by atoms with Crippen molar-refractivity contribution in [2.45, 2.75) is 44.8 Å². The minimum absolute atomic E-state index is 0.0100. The molecule has 6 heteroatoms. The SMILES string of the molecule is CC[C@@H](C)N1CC(=O)N2[C@@H](c3ccc(Cl)cc3)c3[nH]c4ccccc4c3C[C@H]2C1=O. The van der Waals surface area contributed by atoms with E-state index in [9.17, 15) is 9.59 Å². The Morgan fingerprint density at radius 2 is 1.87 bits per heavy atom. The number of fused-ring (bicyclic) bond motifs is 4. The lowest BCUT2D eigenvalue weighted by Gasteiger charge is -2.48. The fourth-order valence-corrected chi connectivity index (χ4v) is 5.00. The second-order valence-electron chi connectivity index (χ2n) is 8.26. The molecule has 1 saturated heterocycles. The maximum atomic E-state index is 13.5. The molecule has 0 aliphatic carbocycles. The molecule has 5 rings (SSSR count). The van der Waals surface area contributed by atoms with Gasteiger partial charge in [0.1, 0.15) is 12.6 Å². The number of benzene rings is 2. The quantitative estimate of drug-likeness (QED) is 0.685. The van der Waals surface area contributed by atoms with Gasteiger partial charge in [0.2, 0.25) is 11.8 Å². The third-order valence-electron chi connectivity index (χ3n) is 6.60. The summed E-state index contributed by atoms with van der Waals surface area (Å²) in [6.07, 6.45) is 1.35. The number of nitrogens with zero attached hydrogens (tertiary/aromatic N) is 2. The van der Waals surface area contributed by atoms with Gasteiger partial charge in [-0.25, -0.2) is 0 Å². The third kappa shape index (κ3) is 2.83. The molecule has 2 aliphatic heterocycles. The van der Waals surface area contributed by atoms with E-state index in [1.807, 2.05) is 56.3 Å². The molecule has 3 aromatic rings. The number of amides is 2. The Balaban J connectivity index is 1.70. The van der Waals surface area contributed by atoms with Crippen molar-refractivity contribution in [3.05, 3.63) is 70.4 Å². The molecule has 2 amide bonds. The Morgan fingerprint density at radius 3 is 2.60 bits per heavy atom. The molecule has 154 valence electrons. The summed E-state index contributed by atoms with van der Waals surface area (Å²) in [5.74, 6) is 0.0306. The second kappa shape index (κ2) is 7.17. The number of H-pyrrole nitrogens is 1. The number of carbonyl (C=O) groups excluding carboxylic acids is 2. The van der Waals surface area contributed by atoms with Gasteiger partial charge in [0, 0.05) is 34.1 Å². The standard InChI is InChI=1S/C24H24ClN3O2/c1-3-14(2)27-13-21(29)28-20(24(27)30)12-18-17-6-4-5-7-19(17)26-22(18)23(28)15-8-10-16(25)11-9-15/h4-11,14,20,23,26H,3,12-13H2,1-2H3/t14-,20+,23+/m1/s1. The van der Waals surface area contributed by atoms with Crippen LogP contribution in [0.3, 0.4) is 0 Å². The monoisotopic (exact) mass is 421 g/mol. The van der Waals surface area contributed by atoms with Crippen LogP contribution >= 0.6 is 11.6 Å². The van der Waals surface area contributed by atoms with Crippen molar-refractivity contribution in [2.75, 3.05) is 6.54 Å². The first kappa shape index (κ1) is 19.2. The molecular weight excluding hydrogens is 398 g/mol. The van der Waals surface area contributed by atoms with Crippen molar-refractivity contribution in [2.24, 2.45) is 0 Å². The van der Waals surface area contributed by atoms with E-state index < -0.39 is 6.04 Å². The third-order valence-corrected chi connectivity index (χ3v) is 6.85. The molecule has 0 bridgehead atoms. The molecule has 0 unspecified atom stereocenters. The predicted molar refractivity (Wildman–Crippen MR) is 117 cm³/mol. The van der Waals surface area contributed by atoms with Gasteiger partial charge in [-0.05, 0) is 42.7 Å². The van der Waals surface area contributed by atoms with Crippen molar-refractivity contribution in [1.29, 1.82) is 0 Å². The molecule has 3 heterocycles. The van der Waals surface area contributed by atoms with Crippen molar-refractivity contribution in [1.82, 2.24) is 14.8 Å². The van der Waals surface area contributed by atoms with E-state index in [1.165, 1.54) is 0 Å². The van der Waals surface area contributed by atoms with Crippen LogP contribution in [0.5, 0.6) is 0 Å². The molecule has 0 spiro atoms. The van der Waals surface area contributed by atoms with E-state index in [1.54, 1.807) is 9.80 Å². The molecule has 2 aliphatic rings. The van der Waals surface area contributed by atoms with E-state index in [4.69, 9.17) is 11.6 Å². The van der Waals surface area contributed by atoms with Gasteiger partial charge in [-0.2, -0.15) is 0 Å². The zero-order valence-electron chi connectivity index (χ0n) is 17.1. The molecule has 0 radical (unpaired) electrons. The van der Waals surface area contributed by atoms with Crippen molar-refractivity contribution in [3.63, 3.8) is 0 Å². The van der Waals surface area contributed by atoms with Crippen LogP contribution in [0.4, 0.5) is 0 Å². The molecule has 5 nitrogen and oxygen atoms in total. The van der Waals surface area contributed by atoms with Gasteiger partial charge in [-0.1, -0.05) is 48.9 Å². The Labute approximate surface area is 180 Å². The van der Waals surface area contributed by atoms with E-state index in [-0.39, 0.29) is 30.4 Å². The van der Waals surface area contributed by atoms with Gasteiger partial charge in [-0.15, -0.1) is 0 Å². The highest BCUT2D eigenvalue weighted by atomic mass is 35.5. The summed E-state index contributed by atoms with van der Waals surface area (Å²) < 4.78 is 0. The Kier molecular flexibility index (Phi) is 4.58. The number of halogens is 1. The van der Waals surface area contributed by atoms with E-state index in [2.05, 4.69) is 11.1 Å². The van der Waals surface area contributed by atoms with Crippen LogP contribution in [0.25, 0.3) is 10.9 Å². The minimum Gasteiger partial charge on any atom is -0.356 e. The highest BCUT2D eigenvalue weighted by Crippen LogP contribution is 2.42. The van der Waals surface area contributed by atoms with E-state index >= 15 is 0 Å². The zero-order chi connectivity index (χ0) is 21.0. The average Bonchev–Trinajstić information content (AvgIpc) is 3.13. The van der Waals surface area contributed by atoms with Gasteiger partial charge in [0.25, 0.3) is 0 Å². The van der Waals surface area contributed by atoms with Crippen LogP contribution < -0.4 is 0 Å². The number of rotatable bonds is 3. The van der Waals surface area contributed by atoms with Crippen molar-refractivity contribution < 1.29 is 9.59 Å². The molecule has 3 atom stereocenters. The number of hydrogen-bond donors (Lipinski definition) is 1. The van der Waals surface area contributed by atoms with Gasteiger partial charge in [0.15, 0.2) is 0 Å². The highest BCUT2D eigenvalue weighted by Gasteiger charge is 2.48. The molecule has 1 N–H and O–H groups in total. The fourth-order valence-electron chi connectivity index (χ4n) is 4.87. The first-order chi connectivity index (χ1) is 14.5.